The lowest BCUT2D eigenvalue weighted by Crippen LogP contribution is -2.60. The Kier molecular flexibility index (Phi) is 5.23. The molecule has 7 heteroatoms. The van der Waals surface area contributed by atoms with Gasteiger partial charge < -0.3 is 20.1 Å². The van der Waals surface area contributed by atoms with Crippen molar-refractivity contribution in [2.45, 2.75) is 26.3 Å². The van der Waals surface area contributed by atoms with Gasteiger partial charge in [-0.2, -0.15) is 0 Å². The van der Waals surface area contributed by atoms with Gasteiger partial charge in [-0.1, -0.05) is 30.7 Å². The van der Waals surface area contributed by atoms with E-state index in [0.717, 1.165) is 23.7 Å². The number of benzene rings is 2. The van der Waals surface area contributed by atoms with Crippen molar-refractivity contribution in [1.29, 1.82) is 0 Å². The highest BCUT2D eigenvalue weighted by Crippen LogP contribution is 2.40. The molecule has 2 aromatic rings. The number of carbonyl (C=O) groups is 1. The highest BCUT2D eigenvalue weighted by molar-refractivity contribution is 6.31. The second-order valence-electron chi connectivity index (χ2n) is 7.67. The maximum Gasteiger partial charge on any atom is 0.310 e. The molecule has 2 aromatic carbocycles. The Balaban J connectivity index is 1.77. The SMILES string of the molecule is CC[C@](C)(C(=O)O)[C@H]1CN(C2=Nc3cc(Cl)ccc3Oc3ccccc32)CCN1. The minimum absolute atomic E-state index is 0.198. The Morgan fingerprint density at radius 2 is 2.14 bits per heavy atom. The van der Waals surface area contributed by atoms with Crippen molar-refractivity contribution in [3.8, 4) is 11.5 Å². The van der Waals surface area contributed by atoms with Gasteiger partial charge in [0.2, 0.25) is 0 Å². The molecule has 2 aliphatic rings. The number of halogens is 1. The molecule has 152 valence electrons. The van der Waals surface area contributed by atoms with Crippen molar-refractivity contribution >= 4 is 29.1 Å². The van der Waals surface area contributed by atoms with E-state index in [2.05, 4.69) is 10.2 Å². The molecule has 0 saturated carbocycles. The fourth-order valence-corrected chi connectivity index (χ4v) is 4.02. The monoisotopic (exact) mass is 413 g/mol. The second-order valence-corrected chi connectivity index (χ2v) is 8.11. The number of carboxylic acids is 1. The molecule has 4 rings (SSSR count). The Morgan fingerprint density at radius 3 is 2.90 bits per heavy atom. The summed E-state index contributed by atoms with van der Waals surface area (Å²) in [5.74, 6) is 1.35. The number of nitrogens with one attached hydrogen (secondary N) is 1. The van der Waals surface area contributed by atoms with Crippen molar-refractivity contribution in [1.82, 2.24) is 10.2 Å². The summed E-state index contributed by atoms with van der Waals surface area (Å²) in [4.78, 5) is 19.0. The summed E-state index contributed by atoms with van der Waals surface area (Å²) < 4.78 is 6.12. The summed E-state index contributed by atoms with van der Waals surface area (Å²) in [6.07, 6.45) is 0.540. The quantitative estimate of drug-likeness (QED) is 0.784. The predicted molar refractivity (Wildman–Crippen MR) is 114 cm³/mol. The first-order valence-electron chi connectivity index (χ1n) is 9.79. The van der Waals surface area contributed by atoms with Crippen LogP contribution in [0.4, 0.5) is 5.69 Å². The molecule has 0 unspecified atom stereocenters. The van der Waals surface area contributed by atoms with E-state index >= 15 is 0 Å². The molecular weight excluding hydrogens is 390 g/mol. The van der Waals surface area contributed by atoms with Gasteiger partial charge in [-0.3, -0.25) is 4.79 Å². The van der Waals surface area contributed by atoms with Crippen LogP contribution < -0.4 is 10.1 Å². The van der Waals surface area contributed by atoms with E-state index in [-0.39, 0.29) is 6.04 Å². The van der Waals surface area contributed by atoms with Gasteiger partial charge in [-0.05, 0) is 43.7 Å². The van der Waals surface area contributed by atoms with Gasteiger partial charge in [0.15, 0.2) is 5.75 Å². The number of hydrogen-bond donors (Lipinski definition) is 2. The van der Waals surface area contributed by atoms with E-state index in [0.29, 0.717) is 36.0 Å². The van der Waals surface area contributed by atoms with Crippen molar-refractivity contribution in [3.63, 3.8) is 0 Å². The van der Waals surface area contributed by atoms with Gasteiger partial charge in [-0.15, -0.1) is 0 Å². The zero-order valence-corrected chi connectivity index (χ0v) is 17.2. The highest BCUT2D eigenvalue weighted by atomic mass is 35.5. The van der Waals surface area contributed by atoms with Crippen LogP contribution in [0.25, 0.3) is 0 Å². The van der Waals surface area contributed by atoms with Gasteiger partial charge in [0.1, 0.15) is 17.3 Å². The summed E-state index contributed by atoms with van der Waals surface area (Å²) >= 11 is 6.20. The standard InChI is InChI=1S/C22H24ClN3O3/c1-3-22(2,21(27)28)19-13-26(11-10-24-19)20-15-6-4-5-7-17(15)29-18-9-8-14(23)12-16(18)25-20/h4-9,12,19,24H,3,10-11,13H2,1-2H3,(H,27,28)/t19-,22+/m1/s1. The molecule has 0 bridgehead atoms. The van der Waals surface area contributed by atoms with Gasteiger partial charge in [0.25, 0.3) is 0 Å². The average Bonchev–Trinajstić information content (AvgIpc) is 2.89. The Morgan fingerprint density at radius 1 is 1.34 bits per heavy atom. The number of carboxylic acid groups (broad SMARTS) is 1. The van der Waals surface area contributed by atoms with E-state index in [1.165, 1.54) is 0 Å². The normalized spacial score (nSPS) is 20.4. The molecule has 1 saturated heterocycles. The zero-order valence-electron chi connectivity index (χ0n) is 16.5. The van der Waals surface area contributed by atoms with E-state index in [9.17, 15) is 9.90 Å². The first-order valence-corrected chi connectivity index (χ1v) is 10.2. The molecule has 29 heavy (non-hydrogen) atoms. The largest absolute Gasteiger partial charge is 0.481 e. The summed E-state index contributed by atoms with van der Waals surface area (Å²) in [5.41, 5.74) is 0.686. The summed E-state index contributed by atoms with van der Waals surface area (Å²) in [6, 6.07) is 13.0. The van der Waals surface area contributed by atoms with Gasteiger partial charge in [-0.25, -0.2) is 4.99 Å². The predicted octanol–water partition coefficient (Wildman–Crippen LogP) is 4.30. The molecule has 2 N–H and O–H groups in total. The van der Waals surface area contributed by atoms with E-state index in [1.54, 1.807) is 19.1 Å². The second kappa shape index (κ2) is 7.69. The van der Waals surface area contributed by atoms with Crippen LogP contribution in [0, 0.1) is 5.41 Å². The third-order valence-corrected chi connectivity index (χ3v) is 6.20. The molecule has 0 aliphatic carbocycles. The third-order valence-electron chi connectivity index (χ3n) is 5.96. The van der Waals surface area contributed by atoms with Crippen LogP contribution in [0.2, 0.25) is 5.02 Å². The Labute approximate surface area is 175 Å². The molecule has 6 nitrogen and oxygen atoms in total. The van der Waals surface area contributed by atoms with E-state index in [4.69, 9.17) is 21.3 Å². The highest BCUT2D eigenvalue weighted by Gasteiger charge is 2.42. The maximum atomic E-state index is 12.0. The third kappa shape index (κ3) is 3.58. The lowest BCUT2D eigenvalue weighted by molar-refractivity contribution is -0.150. The number of aliphatic imine (C=N–C) groups is 1. The van der Waals surface area contributed by atoms with Crippen LogP contribution in [-0.4, -0.2) is 47.5 Å². The van der Waals surface area contributed by atoms with Crippen molar-refractivity contribution in [2.75, 3.05) is 19.6 Å². The molecule has 2 heterocycles. The first kappa shape index (κ1) is 19.7. The fourth-order valence-electron chi connectivity index (χ4n) is 3.85. The lowest BCUT2D eigenvalue weighted by Gasteiger charge is -2.42. The molecule has 2 atom stereocenters. The van der Waals surface area contributed by atoms with Crippen LogP contribution in [0.15, 0.2) is 47.5 Å². The number of para-hydroxylation sites is 1. The smallest absolute Gasteiger partial charge is 0.310 e. The molecule has 0 spiro atoms. The van der Waals surface area contributed by atoms with E-state index in [1.807, 2.05) is 37.3 Å². The number of piperazine rings is 1. The minimum atomic E-state index is -0.860. The number of fused-ring (bicyclic) bond motifs is 2. The number of nitrogens with zero attached hydrogens (tertiary/aromatic N) is 2. The van der Waals surface area contributed by atoms with Crippen LogP contribution in [-0.2, 0) is 4.79 Å². The van der Waals surface area contributed by atoms with E-state index < -0.39 is 11.4 Å². The Hall–Kier alpha value is -2.57. The zero-order chi connectivity index (χ0) is 20.6. The molecular formula is C22H24ClN3O3. The Bertz CT molecular complexity index is 978. The van der Waals surface area contributed by atoms with Crippen LogP contribution in [0.3, 0.4) is 0 Å². The van der Waals surface area contributed by atoms with Crippen molar-refractivity contribution < 1.29 is 14.6 Å². The first-order chi connectivity index (χ1) is 13.9. The molecule has 2 aliphatic heterocycles. The maximum absolute atomic E-state index is 12.0. The number of hydrogen-bond acceptors (Lipinski definition) is 5. The van der Waals surface area contributed by atoms with Crippen molar-refractivity contribution in [2.24, 2.45) is 10.4 Å². The number of rotatable bonds is 3. The number of ether oxygens (including phenoxy) is 1. The van der Waals surface area contributed by atoms with Crippen molar-refractivity contribution in [3.05, 3.63) is 53.1 Å². The van der Waals surface area contributed by atoms with Crippen LogP contribution in [0.5, 0.6) is 11.5 Å². The van der Waals surface area contributed by atoms with Gasteiger partial charge >= 0.3 is 5.97 Å². The molecule has 0 aromatic heterocycles. The fraction of sp³-hybridized carbons (Fsp3) is 0.364. The van der Waals surface area contributed by atoms with Crippen LogP contribution >= 0.6 is 11.6 Å². The topological polar surface area (TPSA) is 74.2 Å². The minimum Gasteiger partial charge on any atom is -0.481 e. The average molecular weight is 414 g/mol. The lowest BCUT2D eigenvalue weighted by atomic mass is 9.78. The summed E-state index contributed by atoms with van der Waals surface area (Å²) in [7, 11) is 0. The van der Waals surface area contributed by atoms with Gasteiger partial charge in [0.05, 0.1) is 11.0 Å². The molecule has 0 amide bonds. The number of amidine groups is 1. The molecule has 0 radical (unpaired) electrons. The summed E-state index contributed by atoms with van der Waals surface area (Å²) in [6.45, 7) is 5.66. The van der Waals surface area contributed by atoms with Gasteiger partial charge in [0, 0.05) is 30.7 Å². The molecule has 1 fully saturated rings. The van der Waals surface area contributed by atoms with Crippen LogP contribution in [0.1, 0.15) is 25.8 Å². The summed E-state index contributed by atoms with van der Waals surface area (Å²) in [5, 5.41) is 13.8. The number of aliphatic carboxylic acids is 1.